The van der Waals surface area contributed by atoms with Gasteiger partial charge in [0.15, 0.2) is 0 Å². The molecule has 0 bridgehead atoms. The molecule has 1 aromatic carbocycles. The largest absolute Gasteiger partial charge is 0.494 e. The lowest BCUT2D eigenvalue weighted by atomic mass is 9.89. The maximum Gasteiger partial charge on any atom is 0.124 e. The number of hydrogen-bond acceptors (Lipinski definition) is 2. The lowest BCUT2D eigenvalue weighted by Gasteiger charge is -2.22. The molecular weight excluding hydrogens is 314 g/mol. The van der Waals surface area contributed by atoms with E-state index in [1.54, 1.807) is 0 Å². The highest BCUT2D eigenvalue weighted by Crippen LogP contribution is 2.34. The van der Waals surface area contributed by atoms with Crippen LogP contribution < -0.4 is 10.5 Å². The second kappa shape index (κ2) is 8.04. The van der Waals surface area contributed by atoms with E-state index in [2.05, 4.69) is 22.0 Å². The first-order valence-corrected chi connectivity index (χ1v) is 8.67. The van der Waals surface area contributed by atoms with Crippen molar-refractivity contribution in [1.29, 1.82) is 0 Å². The van der Waals surface area contributed by atoms with Gasteiger partial charge < -0.3 is 10.5 Å². The summed E-state index contributed by atoms with van der Waals surface area (Å²) in [4.78, 5) is 0. The normalized spacial score (nSPS) is 18.6. The molecule has 2 nitrogen and oxygen atoms in total. The summed E-state index contributed by atoms with van der Waals surface area (Å²) in [5, 5.41) is 0. The van der Waals surface area contributed by atoms with Gasteiger partial charge in [0.2, 0.25) is 0 Å². The van der Waals surface area contributed by atoms with E-state index in [4.69, 9.17) is 10.5 Å². The van der Waals surface area contributed by atoms with Crippen LogP contribution in [0.25, 0.3) is 0 Å². The maximum absolute atomic E-state index is 6.48. The molecule has 0 saturated heterocycles. The minimum absolute atomic E-state index is 0.0807. The van der Waals surface area contributed by atoms with Crippen molar-refractivity contribution in [1.82, 2.24) is 0 Å². The van der Waals surface area contributed by atoms with Crippen LogP contribution in [-0.4, -0.2) is 6.61 Å². The quantitative estimate of drug-likeness (QED) is 0.747. The van der Waals surface area contributed by atoms with Gasteiger partial charge in [-0.1, -0.05) is 54.5 Å². The zero-order valence-electron chi connectivity index (χ0n) is 12.4. The van der Waals surface area contributed by atoms with Gasteiger partial charge in [-0.2, -0.15) is 0 Å². The molecule has 0 aromatic heterocycles. The SMILES string of the molecule is CCOc1ccc(Br)cc1C(N)CC1CCCCCC1. The van der Waals surface area contributed by atoms with E-state index in [0.29, 0.717) is 6.61 Å². The standard InChI is InChI=1S/C17H26BrNO/c1-2-20-17-10-9-14(18)12-15(17)16(19)11-13-7-5-3-4-6-8-13/h9-10,12-13,16H,2-8,11,19H2,1H3. The van der Waals surface area contributed by atoms with Crippen molar-refractivity contribution in [3.05, 3.63) is 28.2 Å². The summed E-state index contributed by atoms with van der Waals surface area (Å²) in [6.45, 7) is 2.70. The van der Waals surface area contributed by atoms with E-state index in [1.165, 1.54) is 38.5 Å². The number of hydrogen-bond donors (Lipinski definition) is 1. The lowest BCUT2D eigenvalue weighted by molar-refractivity contribution is 0.327. The molecule has 2 N–H and O–H groups in total. The van der Waals surface area contributed by atoms with Gasteiger partial charge in [-0.3, -0.25) is 0 Å². The predicted octanol–water partition coefficient (Wildman–Crippen LogP) is 5.21. The van der Waals surface area contributed by atoms with E-state index in [-0.39, 0.29) is 6.04 Å². The number of nitrogens with two attached hydrogens (primary N) is 1. The Balaban J connectivity index is 2.06. The molecule has 0 heterocycles. The molecule has 1 saturated carbocycles. The third kappa shape index (κ3) is 4.49. The molecule has 0 spiro atoms. The number of halogens is 1. The number of ether oxygens (including phenoxy) is 1. The summed E-state index contributed by atoms with van der Waals surface area (Å²) < 4.78 is 6.80. The van der Waals surface area contributed by atoms with Crippen LogP contribution in [-0.2, 0) is 0 Å². The van der Waals surface area contributed by atoms with Crippen LogP contribution >= 0.6 is 15.9 Å². The lowest BCUT2D eigenvalue weighted by Crippen LogP contribution is -2.16. The zero-order valence-corrected chi connectivity index (χ0v) is 14.0. The van der Waals surface area contributed by atoms with Crippen LogP contribution in [0.2, 0.25) is 0 Å². The van der Waals surface area contributed by atoms with Crippen molar-refractivity contribution < 1.29 is 4.74 Å². The zero-order chi connectivity index (χ0) is 14.4. The predicted molar refractivity (Wildman–Crippen MR) is 88.0 cm³/mol. The van der Waals surface area contributed by atoms with Crippen molar-refractivity contribution >= 4 is 15.9 Å². The Labute approximate surface area is 131 Å². The van der Waals surface area contributed by atoms with E-state index in [0.717, 1.165) is 28.1 Å². The van der Waals surface area contributed by atoms with Crippen molar-refractivity contribution in [2.45, 2.75) is 57.9 Å². The Morgan fingerprint density at radius 2 is 1.95 bits per heavy atom. The van der Waals surface area contributed by atoms with E-state index in [9.17, 15) is 0 Å². The van der Waals surface area contributed by atoms with Crippen LogP contribution in [0.5, 0.6) is 5.75 Å². The molecule has 2 rings (SSSR count). The van der Waals surface area contributed by atoms with Gasteiger partial charge in [0.05, 0.1) is 6.61 Å². The summed E-state index contributed by atoms with van der Waals surface area (Å²) in [6, 6.07) is 6.24. The molecular formula is C17H26BrNO. The summed E-state index contributed by atoms with van der Waals surface area (Å²) in [5.41, 5.74) is 7.62. The number of benzene rings is 1. The van der Waals surface area contributed by atoms with E-state index in [1.807, 2.05) is 19.1 Å². The summed E-state index contributed by atoms with van der Waals surface area (Å²) in [6.07, 6.45) is 9.29. The smallest absolute Gasteiger partial charge is 0.124 e. The van der Waals surface area contributed by atoms with Crippen LogP contribution in [0, 0.1) is 5.92 Å². The maximum atomic E-state index is 6.48. The molecule has 1 aromatic rings. The molecule has 3 heteroatoms. The fourth-order valence-electron chi connectivity index (χ4n) is 3.18. The second-order valence-corrected chi connectivity index (χ2v) is 6.73. The third-order valence-corrected chi connectivity index (χ3v) is 4.73. The molecule has 1 aliphatic rings. The minimum atomic E-state index is 0.0807. The number of rotatable bonds is 5. The molecule has 1 fully saturated rings. The van der Waals surface area contributed by atoms with Gasteiger partial charge in [-0.05, 0) is 37.5 Å². The molecule has 0 radical (unpaired) electrons. The Hall–Kier alpha value is -0.540. The summed E-state index contributed by atoms with van der Waals surface area (Å²) >= 11 is 3.54. The topological polar surface area (TPSA) is 35.2 Å². The van der Waals surface area contributed by atoms with Gasteiger partial charge in [-0.25, -0.2) is 0 Å². The molecule has 1 atom stereocenters. The highest BCUT2D eigenvalue weighted by atomic mass is 79.9. The second-order valence-electron chi connectivity index (χ2n) is 5.81. The molecule has 0 amide bonds. The first-order chi connectivity index (χ1) is 9.70. The van der Waals surface area contributed by atoms with Crippen LogP contribution in [0.4, 0.5) is 0 Å². The van der Waals surface area contributed by atoms with Crippen molar-refractivity contribution in [3.8, 4) is 5.75 Å². The van der Waals surface area contributed by atoms with Crippen LogP contribution in [0.3, 0.4) is 0 Å². The first-order valence-electron chi connectivity index (χ1n) is 7.88. The average Bonchev–Trinajstić information content (AvgIpc) is 2.69. The van der Waals surface area contributed by atoms with Crippen LogP contribution in [0.1, 0.15) is 63.5 Å². The summed E-state index contributed by atoms with van der Waals surface area (Å²) in [5.74, 6) is 1.72. The molecule has 0 aliphatic heterocycles. The minimum Gasteiger partial charge on any atom is -0.494 e. The summed E-state index contributed by atoms with van der Waals surface area (Å²) in [7, 11) is 0. The Morgan fingerprint density at radius 1 is 1.25 bits per heavy atom. The monoisotopic (exact) mass is 339 g/mol. The molecule has 1 aliphatic carbocycles. The van der Waals surface area contributed by atoms with Crippen LogP contribution in [0.15, 0.2) is 22.7 Å². The van der Waals surface area contributed by atoms with E-state index >= 15 is 0 Å². The van der Waals surface area contributed by atoms with Gasteiger partial charge >= 0.3 is 0 Å². The van der Waals surface area contributed by atoms with Crippen molar-refractivity contribution in [2.75, 3.05) is 6.61 Å². The fraction of sp³-hybridized carbons (Fsp3) is 0.647. The molecule has 112 valence electrons. The highest BCUT2D eigenvalue weighted by molar-refractivity contribution is 9.10. The third-order valence-electron chi connectivity index (χ3n) is 4.23. The molecule has 1 unspecified atom stereocenters. The Kier molecular flexibility index (Phi) is 6.37. The van der Waals surface area contributed by atoms with Gasteiger partial charge in [-0.15, -0.1) is 0 Å². The fourth-order valence-corrected chi connectivity index (χ4v) is 3.56. The average molecular weight is 340 g/mol. The van der Waals surface area contributed by atoms with E-state index < -0.39 is 0 Å². The van der Waals surface area contributed by atoms with Gasteiger partial charge in [0.1, 0.15) is 5.75 Å². The molecule has 20 heavy (non-hydrogen) atoms. The van der Waals surface area contributed by atoms with Crippen molar-refractivity contribution in [2.24, 2.45) is 11.7 Å². The Bertz CT molecular complexity index is 413. The first kappa shape index (κ1) is 15.8. The van der Waals surface area contributed by atoms with Crippen molar-refractivity contribution in [3.63, 3.8) is 0 Å². The highest BCUT2D eigenvalue weighted by Gasteiger charge is 2.19. The Morgan fingerprint density at radius 3 is 2.60 bits per heavy atom. The van der Waals surface area contributed by atoms with Gasteiger partial charge in [0, 0.05) is 16.1 Å². The van der Waals surface area contributed by atoms with Gasteiger partial charge in [0.25, 0.3) is 0 Å².